The van der Waals surface area contributed by atoms with Crippen molar-refractivity contribution < 1.29 is 0 Å². The second kappa shape index (κ2) is 5.60. The largest absolute Gasteiger partial charge is 0.351 e. The first kappa shape index (κ1) is 13.0. The van der Waals surface area contributed by atoms with Gasteiger partial charge in [-0.25, -0.2) is 4.98 Å². The maximum absolute atomic E-state index is 4.83. The van der Waals surface area contributed by atoms with Gasteiger partial charge in [-0.3, -0.25) is 4.98 Å². The summed E-state index contributed by atoms with van der Waals surface area (Å²) in [5.41, 5.74) is 1.97. The van der Waals surface area contributed by atoms with Gasteiger partial charge in [0.25, 0.3) is 0 Å². The second-order valence-corrected chi connectivity index (χ2v) is 6.24. The van der Waals surface area contributed by atoms with Crippen molar-refractivity contribution in [1.29, 1.82) is 0 Å². The molecule has 1 aliphatic heterocycles. The molecule has 1 aromatic heterocycles. The van der Waals surface area contributed by atoms with E-state index in [1.54, 1.807) is 0 Å². The molecule has 2 aliphatic rings. The summed E-state index contributed by atoms with van der Waals surface area (Å²) in [6.07, 6.45) is 8.49. The standard InChI is InChI=1S/C17H22N4/c1-2-7-16-15(6-1)19-12-17(20-16)21-10-4-3-5-14(21)11-18-13-8-9-13/h1-2,6-7,12-14,18H,3-5,8-11H2. The van der Waals surface area contributed by atoms with Gasteiger partial charge in [0.05, 0.1) is 17.2 Å². The zero-order chi connectivity index (χ0) is 14.1. The van der Waals surface area contributed by atoms with E-state index < -0.39 is 0 Å². The molecule has 4 heteroatoms. The van der Waals surface area contributed by atoms with Gasteiger partial charge in [-0.1, -0.05) is 12.1 Å². The smallest absolute Gasteiger partial charge is 0.148 e. The van der Waals surface area contributed by atoms with Crippen LogP contribution >= 0.6 is 0 Å². The van der Waals surface area contributed by atoms with Crippen molar-refractivity contribution in [1.82, 2.24) is 15.3 Å². The van der Waals surface area contributed by atoms with Crippen molar-refractivity contribution in [2.24, 2.45) is 0 Å². The van der Waals surface area contributed by atoms with Crippen LogP contribution in [0.5, 0.6) is 0 Å². The molecule has 110 valence electrons. The molecule has 2 fully saturated rings. The average molecular weight is 282 g/mol. The summed E-state index contributed by atoms with van der Waals surface area (Å²) >= 11 is 0. The molecule has 1 saturated carbocycles. The summed E-state index contributed by atoms with van der Waals surface area (Å²) in [4.78, 5) is 11.9. The molecule has 0 amide bonds. The maximum Gasteiger partial charge on any atom is 0.148 e. The van der Waals surface area contributed by atoms with E-state index in [2.05, 4.69) is 15.2 Å². The highest BCUT2D eigenvalue weighted by Gasteiger charge is 2.27. The van der Waals surface area contributed by atoms with Crippen LogP contribution in [-0.2, 0) is 0 Å². The van der Waals surface area contributed by atoms with Crippen LogP contribution in [0.15, 0.2) is 30.5 Å². The molecule has 1 aromatic carbocycles. The molecule has 1 aliphatic carbocycles. The third kappa shape index (κ3) is 2.86. The molecular formula is C17H22N4. The zero-order valence-electron chi connectivity index (χ0n) is 12.3. The van der Waals surface area contributed by atoms with Crippen molar-refractivity contribution in [3.05, 3.63) is 30.5 Å². The number of piperidine rings is 1. The van der Waals surface area contributed by atoms with Crippen molar-refractivity contribution in [3.63, 3.8) is 0 Å². The number of nitrogens with zero attached hydrogens (tertiary/aromatic N) is 3. The second-order valence-electron chi connectivity index (χ2n) is 6.24. The number of rotatable bonds is 4. The average Bonchev–Trinajstić information content (AvgIpc) is 3.37. The van der Waals surface area contributed by atoms with E-state index in [0.29, 0.717) is 6.04 Å². The first-order chi connectivity index (χ1) is 10.4. The maximum atomic E-state index is 4.83. The lowest BCUT2D eigenvalue weighted by Crippen LogP contribution is -2.46. The molecule has 1 saturated heterocycles. The zero-order valence-corrected chi connectivity index (χ0v) is 12.3. The summed E-state index contributed by atoms with van der Waals surface area (Å²) in [5.74, 6) is 1.04. The van der Waals surface area contributed by atoms with Crippen molar-refractivity contribution >= 4 is 16.9 Å². The van der Waals surface area contributed by atoms with Gasteiger partial charge in [-0.15, -0.1) is 0 Å². The normalized spacial score (nSPS) is 22.7. The van der Waals surface area contributed by atoms with Gasteiger partial charge < -0.3 is 10.2 Å². The van der Waals surface area contributed by atoms with Crippen LogP contribution in [0.3, 0.4) is 0 Å². The minimum Gasteiger partial charge on any atom is -0.351 e. The highest BCUT2D eigenvalue weighted by molar-refractivity contribution is 5.75. The number of nitrogens with one attached hydrogen (secondary N) is 1. The van der Waals surface area contributed by atoms with Crippen molar-refractivity contribution in [2.75, 3.05) is 18.0 Å². The summed E-state index contributed by atoms with van der Waals surface area (Å²) in [6.45, 7) is 2.18. The van der Waals surface area contributed by atoms with Crippen LogP contribution < -0.4 is 10.2 Å². The summed E-state index contributed by atoms with van der Waals surface area (Å²) in [5, 5.41) is 3.67. The fraction of sp³-hybridized carbons (Fsp3) is 0.529. The third-order valence-corrected chi connectivity index (χ3v) is 4.58. The molecule has 4 rings (SSSR count). The molecule has 1 atom stereocenters. The fourth-order valence-corrected chi connectivity index (χ4v) is 3.19. The third-order valence-electron chi connectivity index (χ3n) is 4.58. The fourth-order valence-electron chi connectivity index (χ4n) is 3.19. The highest BCUT2D eigenvalue weighted by Crippen LogP contribution is 2.25. The predicted molar refractivity (Wildman–Crippen MR) is 85.5 cm³/mol. The van der Waals surface area contributed by atoms with Gasteiger partial charge in [0, 0.05) is 25.2 Å². The molecule has 21 heavy (non-hydrogen) atoms. The van der Waals surface area contributed by atoms with Crippen molar-refractivity contribution in [2.45, 2.75) is 44.2 Å². The molecule has 2 heterocycles. The number of hydrogen-bond acceptors (Lipinski definition) is 4. The Balaban J connectivity index is 1.57. The van der Waals surface area contributed by atoms with Crippen LogP contribution in [0.4, 0.5) is 5.82 Å². The van der Waals surface area contributed by atoms with Gasteiger partial charge >= 0.3 is 0 Å². The van der Waals surface area contributed by atoms with E-state index >= 15 is 0 Å². The van der Waals surface area contributed by atoms with E-state index in [4.69, 9.17) is 4.98 Å². The van der Waals surface area contributed by atoms with Crippen LogP contribution in [-0.4, -0.2) is 35.1 Å². The first-order valence-electron chi connectivity index (χ1n) is 8.12. The lowest BCUT2D eigenvalue weighted by Gasteiger charge is -2.36. The quantitative estimate of drug-likeness (QED) is 0.936. The first-order valence-corrected chi connectivity index (χ1v) is 8.12. The molecule has 2 aromatic rings. The predicted octanol–water partition coefficient (Wildman–Crippen LogP) is 2.74. The van der Waals surface area contributed by atoms with Gasteiger partial charge in [0.15, 0.2) is 0 Å². The molecule has 1 N–H and O–H groups in total. The number of fused-ring (bicyclic) bond motifs is 1. The number of benzene rings is 1. The van der Waals surface area contributed by atoms with Crippen LogP contribution in [0.2, 0.25) is 0 Å². The lowest BCUT2D eigenvalue weighted by atomic mass is 10.0. The van der Waals surface area contributed by atoms with Crippen molar-refractivity contribution in [3.8, 4) is 0 Å². The minimum absolute atomic E-state index is 0.565. The SMILES string of the molecule is c1ccc2nc(N3CCCCC3CNC3CC3)cnc2c1. The van der Waals surface area contributed by atoms with E-state index in [1.807, 2.05) is 30.5 Å². The van der Waals surface area contributed by atoms with Crippen LogP contribution in [0.1, 0.15) is 32.1 Å². The number of hydrogen-bond donors (Lipinski definition) is 1. The highest BCUT2D eigenvalue weighted by atomic mass is 15.2. The molecule has 0 spiro atoms. The Morgan fingerprint density at radius 1 is 1.10 bits per heavy atom. The number of aromatic nitrogens is 2. The Bertz CT molecular complexity index is 623. The Kier molecular flexibility index (Phi) is 3.47. The van der Waals surface area contributed by atoms with Gasteiger partial charge in [0.2, 0.25) is 0 Å². The lowest BCUT2D eigenvalue weighted by molar-refractivity contribution is 0.432. The van der Waals surface area contributed by atoms with Crippen LogP contribution in [0, 0.1) is 0 Å². The van der Waals surface area contributed by atoms with Gasteiger partial charge in [-0.05, 0) is 44.2 Å². The van der Waals surface area contributed by atoms with E-state index in [0.717, 1.165) is 36.0 Å². The monoisotopic (exact) mass is 282 g/mol. The molecular weight excluding hydrogens is 260 g/mol. The molecule has 0 bridgehead atoms. The van der Waals surface area contributed by atoms with Crippen LogP contribution in [0.25, 0.3) is 11.0 Å². The Labute approximate surface area is 125 Å². The van der Waals surface area contributed by atoms with E-state index in [-0.39, 0.29) is 0 Å². The summed E-state index contributed by atoms with van der Waals surface area (Å²) < 4.78 is 0. The van der Waals surface area contributed by atoms with Gasteiger partial charge in [-0.2, -0.15) is 0 Å². The topological polar surface area (TPSA) is 41.1 Å². The molecule has 0 radical (unpaired) electrons. The molecule has 4 nitrogen and oxygen atoms in total. The van der Waals surface area contributed by atoms with E-state index in [9.17, 15) is 0 Å². The van der Waals surface area contributed by atoms with Gasteiger partial charge in [0.1, 0.15) is 5.82 Å². The number of anilines is 1. The summed E-state index contributed by atoms with van der Waals surface area (Å²) in [6, 6.07) is 9.45. The Morgan fingerprint density at radius 3 is 2.81 bits per heavy atom. The number of para-hydroxylation sites is 2. The minimum atomic E-state index is 0.565. The Hall–Kier alpha value is -1.68. The summed E-state index contributed by atoms with van der Waals surface area (Å²) in [7, 11) is 0. The van der Waals surface area contributed by atoms with E-state index in [1.165, 1.54) is 32.1 Å². The Morgan fingerprint density at radius 2 is 1.95 bits per heavy atom. The molecule has 1 unspecified atom stereocenters.